The van der Waals surface area contributed by atoms with Crippen LogP contribution in [-0.4, -0.2) is 35.8 Å². The highest BCUT2D eigenvalue weighted by Crippen LogP contribution is 2.24. The molecule has 4 nitrogen and oxygen atoms in total. The Morgan fingerprint density at radius 3 is 2.72 bits per heavy atom. The van der Waals surface area contributed by atoms with Gasteiger partial charge < -0.3 is 10.2 Å². The van der Waals surface area contributed by atoms with Crippen LogP contribution >= 0.6 is 0 Å². The summed E-state index contributed by atoms with van der Waals surface area (Å²) in [6, 6.07) is 13.0. The number of hydrogen-bond acceptors (Lipinski definition) is 2. The molecule has 0 bridgehead atoms. The molecule has 0 unspecified atom stereocenters. The molecule has 0 saturated carbocycles. The Kier molecular flexibility index (Phi) is 7.02. The highest BCUT2D eigenvalue weighted by molar-refractivity contribution is 5.96. The van der Waals surface area contributed by atoms with Crippen LogP contribution in [0.5, 0.6) is 0 Å². The van der Waals surface area contributed by atoms with Crippen LogP contribution in [0.15, 0.2) is 42.5 Å². The molecule has 0 spiro atoms. The van der Waals surface area contributed by atoms with E-state index in [1.165, 1.54) is 6.92 Å². The number of carbonyl (C=O) groups excluding carboxylic acids is 2. The molecule has 2 aromatic carbocycles. The number of nitrogens with zero attached hydrogens (tertiary/aromatic N) is 1. The van der Waals surface area contributed by atoms with Gasteiger partial charge in [0.25, 0.3) is 5.91 Å². The van der Waals surface area contributed by atoms with Crippen LogP contribution in [0.3, 0.4) is 0 Å². The van der Waals surface area contributed by atoms with E-state index in [0.29, 0.717) is 24.1 Å². The zero-order chi connectivity index (χ0) is 20.8. The van der Waals surface area contributed by atoms with Gasteiger partial charge in [-0.2, -0.15) is 0 Å². The second-order valence-electron chi connectivity index (χ2n) is 7.84. The van der Waals surface area contributed by atoms with Gasteiger partial charge in [-0.1, -0.05) is 30.3 Å². The van der Waals surface area contributed by atoms with E-state index >= 15 is 0 Å². The van der Waals surface area contributed by atoms with Gasteiger partial charge in [-0.25, -0.2) is 4.39 Å². The van der Waals surface area contributed by atoms with Crippen molar-refractivity contribution in [2.75, 3.05) is 13.1 Å². The topological polar surface area (TPSA) is 49.4 Å². The van der Waals surface area contributed by atoms with Crippen LogP contribution < -0.4 is 5.32 Å². The molecule has 1 aliphatic heterocycles. The Morgan fingerprint density at radius 2 is 1.97 bits per heavy atom. The van der Waals surface area contributed by atoms with Gasteiger partial charge in [-0.05, 0) is 67.9 Å². The fraction of sp³-hybridized carbons (Fsp3) is 0.417. The molecule has 0 aliphatic carbocycles. The fourth-order valence-electron chi connectivity index (χ4n) is 3.99. The quantitative estimate of drug-likeness (QED) is 0.794. The summed E-state index contributed by atoms with van der Waals surface area (Å²) in [5.41, 5.74) is 3.06. The number of likely N-dealkylation sites (tertiary alicyclic amines) is 1. The molecule has 5 heteroatoms. The van der Waals surface area contributed by atoms with Crippen molar-refractivity contribution in [3.8, 4) is 0 Å². The van der Waals surface area contributed by atoms with Crippen LogP contribution in [0, 0.1) is 12.7 Å². The standard InChI is InChI=1S/C24H29FN2O2/c1-17-10-11-19(16-23(17)25)15-20-7-3-4-9-22(20)24(29)27-14-6-5-8-21(27)12-13-26-18(2)28/h3-4,7,9-11,16,21H,5-6,8,12-15H2,1-2H3,(H,26,28)/t21-/m1/s1. The maximum atomic E-state index is 14.0. The van der Waals surface area contributed by atoms with Gasteiger partial charge >= 0.3 is 0 Å². The summed E-state index contributed by atoms with van der Waals surface area (Å²) in [5, 5.41) is 2.83. The van der Waals surface area contributed by atoms with Crippen LogP contribution in [0.1, 0.15) is 59.7 Å². The van der Waals surface area contributed by atoms with Crippen molar-refractivity contribution in [2.24, 2.45) is 0 Å². The molecule has 1 saturated heterocycles. The van der Waals surface area contributed by atoms with Crippen molar-refractivity contribution >= 4 is 11.8 Å². The van der Waals surface area contributed by atoms with E-state index in [9.17, 15) is 14.0 Å². The van der Waals surface area contributed by atoms with Crippen molar-refractivity contribution < 1.29 is 14.0 Å². The molecule has 3 rings (SSSR count). The highest BCUT2D eigenvalue weighted by Gasteiger charge is 2.28. The average molecular weight is 397 g/mol. The van der Waals surface area contributed by atoms with Gasteiger partial charge in [0.1, 0.15) is 5.82 Å². The van der Waals surface area contributed by atoms with Crippen molar-refractivity contribution in [1.29, 1.82) is 0 Å². The number of benzene rings is 2. The number of hydrogen-bond donors (Lipinski definition) is 1. The second kappa shape index (κ2) is 9.68. The lowest BCUT2D eigenvalue weighted by molar-refractivity contribution is -0.119. The first-order valence-corrected chi connectivity index (χ1v) is 10.3. The lowest BCUT2D eigenvalue weighted by Gasteiger charge is -2.36. The van der Waals surface area contributed by atoms with E-state index in [4.69, 9.17) is 0 Å². The Balaban J connectivity index is 1.78. The molecule has 2 amide bonds. The monoisotopic (exact) mass is 396 g/mol. The molecule has 1 atom stereocenters. The first kappa shape index (κ1) is 21.0. The predicted octanol–water partition coefficient (Wildman–Crippen LogP) is 4.25. The van der Waals surface area contributed by atoms with Crippen LogP contribution in [0.25, 0.3) is 0 Å². The van der Waals surface area contributed by atoms with Gasteiger partial charge in [-0.15, -0.1) is 0 Å². The maximum absolute atomic E-state index is 14.0. The van der Waals surface area contributed by atoms with E-state index in [2.05, 4.69) is 5.32 Å². The van der Waals surface area contributed by atoms with Crippen LogP contribution in [0.4, 0.5) is 4.39 Å². The third-order valence-corrected chi connectivity index (χ3v) is 5.62. The van der Waals surface area contributed by atoms with E-state index < -0.39 is 0 Å². The van der Waals surface area contributed by atoms with E-state index in [0.717, 1.165) is 43.4 Å². The average Bonchev–Trinajstić information content (AvgIpc) is 2.71. The molecule has 29 heavy (non-hydrogen) atoms. The van der Waals surface area contributed by atoms with Crippen molar-refractivity contribution in [1.82, 2.24) is 10.2 Å². The van der Waals surface area contributed by atoms with Gasteiger partial charge in [0.05, 0.1) is 0 Å². The largest absolute Gasteiger partial charge is 0.356 e. The SMILES string of the molecule is CC(=O)NCC[C@H]1CCCCN1C(=O)c1ccccc1Cc1ccc(C)c(F)c1. The number of piperidine rings is 1. The molecular formula is C24H29FN2O2. The predicted molar refractivity (Wildman–Crippen MR) is 112 cm³/mol. The Bertz CT molecular complexity index is 881. The first-order chi connectivity index (χ1) is 14.0. The number of halogens is 1. The third-order valence-electron chi connectivity index (χ3n) is 5.62. The molecule has 1 heterocycles. The lowest BCUT2D eigenvalue weighted by Crippen LogP contribution is -2.45. The molecule has 1 fully saturated rings. The van der Waals surface area contributed by atoms with Gasteiger partial charge in [-0.3, -0.25) is 9.59 Å². The lowest BCUT2D eigenvalue weighted by atomic mass is 9.95. The van der Waals surface area contributed by atoms with Crippen molar-refractivity contribution in [3.05, 3.63) is 70.5 Å². The molecule has 0 radical (unpaired) electrons. The van der Waals surface area contributed by atoms with E-state index in [1.807, 2.05) is 35.2 Å². The Labute approximate surface area is 172 Å². The normalized spacial score (nSPS) is 16.5. The second-order valence-corrected chi connectivity index (χ2v) is 7.84. The number of nitrogens with one attached hydrogen (secondary N) is 1. The number of aryl methyl sites for hydroxylation is 1. The minimum Gasteiger partial charge on any atom is -0.356 e. The molecule has 1 aliphatic rings. The summed E-state index contributed by atoms with van der Waals surface area (Å²) < 4.78 is 14.0. The fourth-order valence-corrected chi connectivity index (χ4v) is 3.99. The smallest absolute Gasteiger partial charge is 0.254 e. The van der Waals surface area contributed by atoms with Crippen LogP contribution in [0.2, 0.25) is 0 Å². The first-order valence-electron chi connectivity index (χ1n) is 10.3. The summed E-state index contributed by atoms with van der Waals surface area (Å²) in [5.74, 6) is -0.240. The Morgan fingerprint density at radius 1 is 1.17 bits per heavy atom. The van der Waals surface area contributed by atoms with Gasteiger partial charge in [0, 0.05) is 31.6 Å². The zero-order valence-electron chi connectivity index (χ0n) is 17.2. The number of rotatable bonds is 6. The number of carbonyl (C=O) groups is 2. The molecule has 0 aromatic heterocycles. The van der Waals surface area contributed by atoms with Gasteiger partial charge in [0.15, 0.2) is 0 Å². The van der Waals surface area contributed by atoms with E-state index in [1.54, 1.807) is 19.1 Å². The third kappa shape index (κ3) is 5.43. The summed E-state index contributed by atoms with van der Waals surface area (Å²) >= 11 is 0. The molecular weight excluding hydrogens is 367 g/mol. The summed E-state index contributed by atoms with van der Waals surface area (Å²) in [4.78, 5) is 26.5. The highest BCUT2D eigenvalue weighted by atomic mass is 19.1. The summed E-state index contributed by atoms with van der Waals surface area (Å²) in [7, 11) is 0. The Hall–Kier alpha value is -2.69. The minimum atomic E-state index is -0.222. The van der Waals surface area contributed by atoms with Crippen molar-refractivity contribution in [2.45, 2.75) is 52.0 Å². The zero-order valence-corrected chi connectivity index (χ0v) is 17.2. The van der Waals surface area contributed by atoms with Gasteiger partial charge in [0.2, 0.25) is 5.91 Å². The summed E-state index contributed by atoms with van der Waals surface area (Å²) in [6.45, 7) is 4.56. The van der Waals surface area contributed by atoms with Crippen LogP contribution in [-0.2, 0) is 11.2 Å². The maximum Gasteiger partial charge on any atom is 0.254 e. The molecule has 2 aromatic rings. The van der Waals surface area contributed by atoms with E-state index in [-0.39, 0.29) is 23.7 Å². The molecule has 154 valence electrons. The number of amides is 2. The van der Waals surface area contributed by atoms with Crippen molar-refractivity contribution in [3.63, 3.8) is 0 Å². The minimum absolute atomic E-state index is 0.0284. The summed E-state index contributed by atoms with van der Waals surface area (Å²) in [6.07, 6.45) is 4.32. The molecule has 1 N–H and O–H groups in total.